The van der Waals surface area contributed by atoms with Crippen LogP contribution in [0, 0.1) is 11.8 Å². The number of hydrogen-bond donors (Lipinski definition) is 2. The molecule has 0 saturated carbocycles. The average Bonchev–Trinajstić information content (AvgIpc) is 3.12. The van der Waals surface area contributed by atoms with Crippen molar-refractivity contribution in [2.75, 3.05) is 11.9 Å². The third kappa shape index (κ3) is 2.04. The molecule has 25 heavy (non-hydrogen) atoms. The number of rotatable bonds is 3. The van der Waals surface area contributed by atoms with Gasteiger partial charge in [-0.1, -0.05) is 24.9 Å². The number of nitrogens with zero attached hydrogens (tertiary/aromatic N) is 1. The van der Waals surface area contributed by atoms with E-state index in [2.05, 4.69) is 5.32 Å². The molecule has 1 aromatic carbocycles. The molecule has 0 bridgehead atoms. The summed E-state index contributed by atoms with van der Waals surface area (Å²) in [7, 11) is 0. The number of quaternary nitrogens is 1. The van der Waals surface area contributed by atoms with E-state index in [-0.39, 0.29) is 23.8 Å². The first kappa shape index (κ1) is 16.5. The quantitative estimate of drug-likeness (QED) is 0.782. The standard InChI is InChI=1S/C18H20ClN3O3/c1-3-4-7-22-15(23)13-9(2)21-18(14(13)16(22)24)11-8-10(19)5-6-12(11)20-17(18)25/h5-6,8-9,13-14,21H,3-4,7H2,1-2H3,(H,20,25)/p+1/t9-,13+,14-,18-/m0/s1. The second-order valence-corrected chi connectivity index (χ2v) is 7.66. The second-order valence-electron chi connectivity index (χ2n) is 7.22. The lowest BCUT2D eigenvalue weighted by Crippen LogP contribution is -2.98. The van der Waals surface area contributed by atoms with Gasteiger partial charge in [0.15, 0.2) is 0 Å². The highest BCUT2D eigenvalue weighted by molar-refractivity contribution is 6.31. The SMILES string of the molecule is CCCCN1C(=O)[C@@H]2[C@H](C)[NH2+][C@]3(C(=O)Nc4ccc(Cl)cc43)[C@@H]2C1=O. The van der Waals surface area contributed by atoms with Crippen molar-refractivity contribution in [3.05, 3.63) is 28.8 Å². The molecule has 0 radical (unpaired) electrons. The number of hydrogen-bond acceptors (Lipinski definition) is 3. The summed E-state index contributed by atoms with van der Waals surface area (Å²) in [4.78, 5) is 40.3. The predicted octanol–water partition coefficient (Wildman–Crippen LogP) is 0.854. The van der Waals surface area contributed by atoms with E-state index in [1.54, 1.807) is 18.2 Å². The Bertz CT molecular complexity index is 796. The van der Waals surface area contributed by atoms with Gasteiger partial charge >= 0.3 is 0 Å². The minimum atomic E-state index is -1.10. The monoisotopic (exact) mass is 362 g/mol. The van der Waals surface area contributed by atoms with E-state index in [0.717, 1.165) is 12.8 Å². The lowest BCUT2D eigenvalue weighted by molar-refractivity contribution is -0.730. The highest BCUT2D eigenvalue weighted by Gasteiger charge is 2.73. The Kier molecular flexibility index (Phi) is 3.67. The largest absolute Gasteiger partial charge is 0.326 e. The molecule has 2 fully saturated rings. The Morgan fingerprint density at radius 3 is 2.76 bits per heavy atom. The van der Waals surface area contributed by atoms with Gasteiger partial charge in [0.05, 0.1) is 11.7 Å². The Morgan fingerprint density at radius 2 is 2.04 bits per heavy atom. The molecule has 1 aromatic rings. The fourth-order valence-corrected chi connectivity index (χ4v) is 4.88. The summed E-state index contributed by atoms with van der Waals surface area (Å²) in [5, 5.41) is 5.27. The van der Waals surface area contributed by atoms with Crippen LogP contribution in [0.2, 0.25) is 5.02 Å². The van der Waals surface area contributed by atoms with Crippen molar-refractivity contribution >= 4 is 35.0 Å². The van der Waals surface area contributed by atoms with Crippen LogP contribution in [-0.2, 0) is 19.9 Å². The van der Waals surface area contributed by atoms with Crippen molar-refractivity contribution in [3.8, 4) is 0 Å². The molecule has 3 aliphatic heterocycles. The van der Waals surface area contributed by atoms with Gasteiger partial charge in [0.25, 0.3) is 5.91 Å². The molecule has 3 heterocycles. The van der Waals surface area contributed by atoms with Crippen molar-refractivity contribution in [2.45, 2.75) is 38.3 Å². The van der Waals surface area contributed by atoms with Crippen LogP contribution in [0.5, 0.6) is 0 Å². The molecule has 2 saturated heterocycles. The lowest BCUT2D eigenvalue weighted by atomic mass is 9.76. The maximum atomic E-state index is 13.1. The summed E-state index contributed by atoms with van der Waals surface area (Å²) in [6, 6.07) is 5.06. The van der Waals surface area contributed by atoms with Crippen molar-refractivity contribution < 1.29 is 19.7 Å². The third-order valence-corrected chi connectivity index (χ3v) is 6.05. The number of benzene rings is 1. The predicted molar refractivity (Wildman–Crippen MR) is 91.8 cm³/mol. The van der Waals surface area contributed by atoms with Gasteiger partial charge in [0.2, 0.25) is 17.4 Å². The van der Waals surface area contributed by atoms with Gasteiger partial charge in [0.1, 0.15) is 11.8 Å². The number of carbonyl (C=O) groups excluding carboxylic acids is 3. The zero-order valence-corrected chi connectivity index (χ0v) is 15.0. The molecule has 7 heteroatoms. The number of amides is 3. The molecule has 6 nitrogen and oxygen atoms in total. The fraction of sp³-hybridized carbons (Fsp3) is 0.500. The summed E-state index contributed by atoms with van der Waals surface area (Å²) in [6.45, 7) is 4.36. The number of nitrogens with one attached hydrogen (secondary N) is 1. The maximum absolute atomic E-state index is 13.1. The van der Waals surface area contributed by atoms with Crippen LogP contribution in [0.15, 0.2) is 18.2 Å². The molecule has 3 aliphatic rings. The smallest absolute Gasteiger partial charge is 0.291 e. The van der Waals surface area contributed by atoms with Crippen LogP contribution in [0.4, 0.5) is 5.69 Å². The van der Waals surface area contributed by atoms with E-state index in [1.165, 1.54) is 4.90 Å². The fourth-order valence-electron chi connectivity index (χ4n) is 4.71. The number of anilines is 1. The van der Waals surface area contributed by atoms with E-state index < -0.39 is 17.4 Å². The van der Waals surface area contributed by atoms with Crippen LogP contribution in [0.3, 0.4) is 0 Å². The first-order valence-electron chi connectivity index (χ1n) is 8.74. The van der Waals surface area contributed by atoms with Crippen LogP contribution < -0.4 is 10.6 Å². The van der Waals surface area contributed by atoms with Gasteiger partial charge in [-0.25, -0.2) is 0 Å². The number of unbranched alkanes of at least 4 members (excludes halogenated alkanes) is 1. The maximum Gasteiger partial charge on any atom is 0.291 e. The van der Waals surface area contributed by atoms with Gasteiger partial charge in [-0.2, -0.15) is 0 Å². The summed E-state index contributed by atoms with van der Waals surface area (Å²) in [5.74, 6) is -1.76. The molecule has 4 rings (SSSR count). The first-order valence-corrected chi connectivity index (χ1v) is 9.12. The zero-order chi connectivity index (χ0) is 17.9. The van der Waals surface area contributed by atoms with Crippen molar-refractivity contribution in [2.24, 2.45) is 11.8 Å². The number of imide groups is 1. The second kappa shape index (κ2) is 5.54. The molecule has 0 aromatic heterocycles. The summed E-state index contributed by atoms with van der Waals surface area (Å²) in [6.07, 6.45) is 1.68. The topological polar surface area (TPSA) is 83.1 Å². The number of nitrogens with two attached hydrogens (primary N) is 1. The minimum Gasteiger partial charge on any atom is -0.326 e. The van der Waals surface area contributed by atoms with Crippen LogP contribution >= 0.6 is 11.6 Å². The van der Waals surface area contributed by atoms with Crippen LogP contribution in [-0.4, -0.2) is 35.2 Å². The number of halogens is 1. The number of fused-ring (bicyclic) bond motifs is 4. The highest BCUT2D eigenvalue weighted by atomic mass is 35.5. The van der Waals surface area contributed by atoms with Crippen molar-refractivity contribution in [1.82, 2.24) is 4.90 Å². The first-order chi connectivity index (χ1) is 11.9. The minimum absolute atomic E-state index is 0.146. The molecule has 0 unspecified atom stereocenters. The molecular weight excluding hydrogens is 342 g/mol. The van der Waals surface area contributed by atoms with E-state index in [4.69, 9.17) is 11.6 Å². The van der Waals surface area contributed by atoms with E-state index in [9.17, 15) is 14.4 Å². The average molecular weight is 363 g/mol. The van der Waals surface area contributed by atoms with Crippen LogP contribution in [0.1, 0.15) is 32.3 Å². The van der Waals surface area contributed by atoms with Gasteiger partial charge in [-0.3, -0.25) is 19.3 Å². The molecule has 3 N–H and O–H groups in total. The number of carbonyl (C=O) groups is 3. The van der Waals surface area contributed by atoms with E-state index >= 15 is 0 Å². The van der Waals surface area contributed by atoms with Crippen molar-refractivity contribution in [3.63, 3.8) is 0 Å². The summed E-state index contributed by atoms with van der Waals surface area (Å²) >= 11 is 6.16. The lowest BCUT2D eigenvalue weighted by Gasteiger charge is -2.25. The van der Waals surface area contributed by atoms with Gasteiger partial charge in [-0.05, 0) is 31.5 Å². The molecular formula is C18H21ClN3O3+. The molecule has 3 amide bonds. The third-order valence-electron chi connectivity index (χ3n) is 5.81. The Hall–Kier alpha value is -1.92. The van der Waals surface area contributed by atoms with E-state index in [1.807, 2.05) is 19.2 Å². The Morgan fingerprint density at radius 1 is 1.28 bits per heavy atom. The van der Waals surface area contributed by atoms with E-state index in [0.29, 0.717) is 22.8 Å². The zero-order valence-electron chi connectivity index (χ0n) is 14.2. The van der Waals surface area contributed by atoms with Gasteiger partial charge in [-0.15, -0.1) is 0 Å². The normalized spacial score (nSPS) is 33.2. The molecule has 1 spiro atoms. The molecule has 0 aliphatic carbocycles. The highest BCUT2D eigenvalue weighted by Crippen LogP contribution is 2.49. The van der Waals surface area contributed by atoms with Crippen LogP contribution in [0.25, 0.3) is 0 Å². The number of likely N-dealkylation sites (tertiary alicyclic amines) is 1. The molecule has 132 valence electrons. The Labute approximate surface area is 150 Å². The summed E-state index contributed by atoms with van der Waals surface area (Å²) in [5.41, 5.74) is 0.284. The Balaban J connectivity index is 1.83. The summed E-state index contributed by atoms with van der Waals surface area (Å²) < 4.78 is 0. The molecule has 4 atom stereocenters. The van der Waals surface area contributed by atoms with Gasteiger partial charge < -0.3 is 10.6 Å². The van der Waals surface area contributed by atoms with Crippen molar-refractivity contribution in [1.29, 1.82) is 0 Å². The van der Waals surface area contributed by atoms with Gasteiger partial charge in [0, 0.05) is 17.1 Å².